The van der Waals surface area contributed by atoms with Gasteiger partial charge in [-0.15, -0.1) is 0 Å². The highest BCUT2D eigenvalue weighted by Crippen LogP contribution is 2.11. The van der Waals surface area contributed by atoms with Crippen LogP contribution in [0.4, 0.5) is 0 Å². The highest BCUT2D eigenvalue weighted by atomic mass is 16.4. The van der Waals surface area contributed by atoms with Gasteiger partial charge in [0.25, 0.3) is 0 Å². The van der Waals surface area contributed by atoms with Gasteiger partial charge in [0, 0.05) is 0 Å². The minimum atomic E-state index is -0.949. The molecule has 70 valence electrons. The lowest BCUT2D eigenvalue weighted by atomic mass is 9.98. The van der Waals surface area contributed by atoms with Crippen molar-refractivity contribution in [1.82, 2.24) is 0 Å². The summed E-state index contributed by atoms with van der Waals surface area (Å²) in [5.74, 6) is -0.938. The van der Waals surface area contributed by atoms with E-state index in [0.717, 1.165) is 6.42 Å². The topological polar surface area (TPSA) is 57.5 Å². The largest absolute Gasteiger partial charge is 0.481 e. The highest BCUT2D eigenvalue weighted by molar-refractivity contribution is 5.67. The summed E-state index contributed by atoms with van der Waals surface area (Å²) in [6, 6.07) is 0. The zero-order valence-corrected chi connectivity index (χ0v) is 7.53. The lowest BCUT2D eigenvalue weighted by Gasteiger charge is -2.14. The summed E-state index contributed by atoms with van der Waals surface area (Å²) in [4.78, 5) is 10.2. The molecule has 2 unspecified atom stereocenters. The van der Waals surface area contributed by atoms with E-state index in [4.69, 9.17) is 5.11 Å². The Kier molecular flexibility index (Phi) is 5.37. The van der Waals surface area contributed by atoms with Crippen LogP contribution in [0.2, 0.25) is 0 Å². The van der Waals surface area contributed by atoms with Crippen molar-refractivity contribution in [3.8, 4) is 0 Å². The van der Waals surface area contributed by atoms with E-state index in [9.17, 15) is 9.90 Å². The van der Waals surface area contributed by atoms with E-state index >= 15 is 0 Å². The zero-order valence-electron chi connectivity index (χ0n) is 7.53. The molecule has 2 N–H and O–H groups in total. The first-order valence-corrected chi connectivity index (χ1v) is 4.09. The lowest BCUT2D eigenvalue weighted by Crippen LogP contribution is -2.20. The van der Waals surface area contributed by atoms with Crippen molar-refractivity contribution in [1.29, 1.82) is 0 Å². The maximum absolute atomic E-state index is 10.2. The average Bonchev–Trinajstić information content (AvgIpc) is 1.98. The van der Waals surface area contributed by atoms with Gasteiger partial charge in [-0.1, -0.05) is 19.1 Å². The van der Waals surface area contributed by atoms with Gasteiger partial charge in [0.2, 0.25) is 0 Å². The first-order valence-electron chi connectivity index (χ1n) is 4.09. The van der Waals surface area contributed by atoms with Crippen LogP contribution >= 0.6 is 0 Å². The average molecular weight is 172 g/mol. The maximum Gasteiger partial charge on any atom is 0.305 e. The Morgan fingerprint density at radius 3 is 2.58 bits per heavy atom. The summed E-state index contributed by atoms with van der Waals surface area (Å²) in [5.41, 5.74) is 0. The first kappa shape index (κ1) is 11.2. The summed E-state index contributed by atoms with van der Waals surface area (Å²) in [6.07, 6.45) is 3.64. The molecular formula is C9H16O3. The number of aliphatic carboxylic acids is 1. The third-order valence-corrected chi connectivity index (χ3v) is 1.78. The summed E-state index contributed by atoms with van der Waals surface area (Å²) in [7, 11) is 0. The number of rotatable bonds is 5. The van der Waals surface area contributed by atoms with Crippen molar-refractivity contribution in [2.24, 2.45) is 5.92 Å². The molecule has 0 spiro atoms. The summed E-state index contributed by atoms with van der Waals surface area (Å²) in [6.45, 7) is 3.74. The van der Waals surface area contributed by atoms with Crippen LogP contribution in [0.15, 0.2) is 12.2 Å². The molecule has 0 bridgehead atoms. The first-order chi connectivity index (χ1) is 5.57. The number of hydrogen-bond donors (Lipinski definition) is 2. The molecule has 3 nitrogen and oxygen atoms in total. The van der Waals surface area contributed by atoms with Crippen LogP contribution in [0.3, 0.4) is 0 Å². The predicted octanol–water partition coefficient (Wildman–Crippen LogP) is 1.42. The molecule has 0 saturated heterocycles. The van der Waals surface area contributed by atoms with Crippen molar-refractivity contribution >= 4 is 5.97 Å². The monoisotopic (exact) mass is 172 g/mol. The molecule has 0 heterocycles. The van der Waals surface area contributed by atoms with Crippen molar-refractivity contribution in [2.45, 2.75) is 32.8 Å². The van der Waals surface area contributed by atoms with Crippen LogP contribution in [0.5, 0.6) is 0 Å². The predicted molar refractivity (Wildman–Crippen MR) is 46.9 cm³/mol. The van der Waals surface area contributed by atoms with Crippen molar-refractivity contribution in [2.75, 3.05) is 0 Å². The van der Waals surface area contributed by atoms with Crippen molar-refractivity contribution < 1.29 is 15.0 Å². The maximum atomic E-state index is 10.2. The van der Waals surface area contributed by atoms with Crippen molar-refractivity contribution in [3.05, 3.63) is 12.2 Å². The van der Waals surface area contributed by atoms with Gasteiger partial charge in [-0.25, -0.2) is 0 Å². The van der Waals surface area contributed by atoms with Gasteiger partial charge < -0.3 is 10.2 Å². The number of aliphatic hydroxyl groups is 1. The molecule has 2 atom stereocenters. The van der Waals surface area contributed by atoms with E-state index < -0.39 is 12.1 Å². The SMILES string of the molecule is CC=CCC(C)C(O)CC(=O)O. The van der Waals surface area contributed by atoms with Gasteiger partial charge in [0.05, 0.1) is 12.5 Å². The van der Waals surface area contributed by atoms with Crippen LogP contribution in [0.25, 0.3) is 0 Å². The smallest absolute Gasteiger partial charge is 0.305 e. The fraction of sp³-hybridized carbons (Fsp3) is 0.667. The fourth-order valence-electron chi connectivity index (χ4n) is 0.888. The molecule has 0 aliphatic rings. The molecule has 0 aromatic carbocycles. The second kappa shape index (κ2) is 5.77. The van der Waals surface area contributed by atoms with E-state index in [0.29, 0.717) is 0 Å². The molecule has 0 aromatic heterocycles. The lowest BCUT2D eigenvalue weighted by molar-refractivity contribution is -0.139. The molecule has 3 heteroatoms. The summed E-state index contributed by atoms with van der Waals surface area (Å²) < 4.78 is 0. The molecule has 0 radical (unpaired) electrons. The van der Waals surface area contributed by atoms with Crippen LogP contribution in [-0.4, -0.2) is 22.3 Å². The molecule has 0 aliphatic carbocycles. The molecule has 0 saturated carbocycles. The second-order valence-electron chi connectivity index (χ2n) is 2.95. The van der Waals surface area contributed by atoms with Gasteiger partial charge >= 0.3 is 5.97 Å². The molecule has 0 amide bonds. The molecular weight excluding hydrogens is 156 g/mol. The Labute approximate surface area is 72.7 Å². The fourth-order valence-corrected chi connectivity index (χ4v) is 0.888. The van der Waals surface area contributed by atoms with Gasteiger partial charge in [-0.3, -0.25) is 4.79 Å². The molecule has 0 aromatic rings. The minimum Gasteiger partial charge on any atom is -0.481 e. The number of aliphatic hydroxyl groups excluding tert-OH is 1. The van der Waals surface area contributed by atoms with Crippen LogP contribution in [-0.2, 0) is 4.79 Å². The molecule has 0 rings (SSSR count). The zero-order chi connectivity index (χ0) is 9.56. The quantitative estimate of drug-likeness (QED) is 0.617. The van der Waals surface area contributed by atoms with Crippen LogP contribution in [0.1, 0.15) is 26.7 Å². The van der Waals surface area contributed by atoms with E-state index in [-0.39, 0.29) is 12.3 Å². The van der Waals surface area contributed by atoms with Gasteiger partial charge in [0.15, 0.2) is 0 Å². The van der Waals surface area contributed by atoms with Gasteiger partial charge in [0.1, 0.15) is 0 Å². The number of hydrogen-bond acceptors (Lipinski definition) is 2. The summed E-state index contributed by atoms with van der Waals surface area (Å²) >= 11 is 0. The Morgan fingerprint density at radius 2 is 2.17 bits per heavy atom. The van der Waals surface area contributed by atoms with Crippen LogP contribution < -0.4 is 0 Å². The standard InChI is InChI=1S/C9H16O3/c1-3-4-5-7(2)8(10)6-9(11)12/h3-4,7-8,10H,5-6H2,1-2H3,(H,11,12). The minimum absolute atomic E-state index is 0.0114. The van der Waals surface area contributed by atoms with E-state index in [2.05, 4.69) is 0 Å². The van der Waals surface area contributed by atoms with E-state index in [1.54, 1.807) is 0 Å². The number of allylic oxidation sites excluding steroid dienone is 2. The third kappa shape index (κ3) is 4.91. The molecule has 0 fully saturated rings. The van der Waals surface area contributed by atoms with Gasteiger partial charge in [-0.2, -0.15) is 0 Å². The van der Waals surface area contributed by atoms with E-state index in [1.807, 2.05) is 26.0 Å². The number of carboxylic acids is 1. The number of carboxylic acid groups (broad SMARTS) is 1. The Balaban J connectivity index is 3.75. The summed E-state index contributed by atoms with van der Waals surface area (Å²) in [5, 5.41) is 17.7. The Hall–Kier alpha value is -0.830. The normalized spacial score (nSPS) is 16.2. The molecule has 0 aliphatic heterocycles. The van der Waals surface area contributed by atoms with Gasteiger partial charge in [-0.05, 0) is 19.3 Å². The van der Waals surface area contributed by atoms with E-state index in [1.165, 1.54) is 0 Å². The second-order valence-corrected chi connectivity index (χ2v) is 2.95. The highest BCUT2D eigenvalue weighted by Gasteiger charge is 2.15. The Bertz CT molecular complexity index is 163. The van der Waals surface area contributed by atoms with Crippen molar-refractivity contribution in [3.63, 3.8) is 0 Å². The molecule has 12 heavy (non-hydrogen) atoms. The Morgan fingerprint density at radius 1 is 1.58 bits per heavy atom. The number of carbonyl (C=O) groups is 1. The third-order valence-electron chi connectivity index (χ3n) is 1.78. The van der Waals surface area contributed by atoms with Crippen LogP contribution in [0, 0.1) is 5.92 Å².